The second-order valence-corrected chi connectivity index (χ2v) is 2.94. The van der Waals surface area contributed by atoms with E-state index >= 15 is 0 Å². The average Bonchev–Trinajstić information content (AvgIpc) is 2.17. The van der Waals surface area contributed by atoms with Gasteiger partial charge in [-0.2, -0.15) is 0 Å². The van der Waals surface area contributed by atoms with Crippen LogP contribution in [0.4, 0.5) is 0 Å². The molecule has 0 spiro atoms. The van der Waals surface area contributed by atoms with Crippen molar-refractivity contribution in [2.75, 3.05) is 0 Å². The molecule has 0 bridgehead atoms. The van der Waals surface area contributed by atoms with Crippen molar-refractivity contribution in [1.29, 1.82) is 0 Å². The molecule has 0 fully saturated rings. The minimum Gasteiger partial charge on any atom is -0.102 e. The van der Waals surface area contributed by atoms with E-state index in [1.165, 1.54) is 17.0 Å². The summed E-state index contributed by atoms with van der Waals surface area (Å²) in [5.41, 5.74) is 2.66. The van der Waals surface area contributed by atoms with Gasteiger partial charge < -0.3 is 0 Å². The fourth-order valence-corrected chi connectivity index (χ4v) is 1.15. The van der Waals surface area contributed by atoms with Crippen molar-refractivity contribution >= 4 is 0 Å². The Morgan fingerprint density at radius 1 is 1.50 bits per heavy atom. The van der Waals surface area contributed by atoms with Crippen LogP contribution in [0.2, 0.25) is 0 Å². The lowest BCUT2D eigenvalue weighted by molar-refractivity contribution is 1.12. The van der Waals surface area contributed by atoms with Gasteiger partial charge in [-0.1, -0.05) is 44.2 Å². The third-order valence-electron chi connectivity index (χ3n) is 2.10. The Morgan fingerprint density at radius 3 is 2.83 bits per heavy atom. The second kappa shape index (κ2) is 4.10. The van der Waals surface area contributed by atoms with Gasteiger partial charge in [-0.25, -0.2) is 0 Å². The molecule has 0 aliphatic rings. The summed E-state index contributed by atoms with van der Waals surface area (Å²) in [6, 6.07) is 8.59. The molecule has 0 heterocycles. The second-order valence-electron chi connectivity index (χ2n) is 2.94. The Kier molecular flexibility index (Phi) is 3.09. The summed E-state index contributed by atoms with van der Waals surface area (Å²) in [6.07, 6.45) is 2.99. The van der Waals surface area contributed by atoms with Crippen LogP contribution in [0.3, 0.4) is 0 Å². The summed E-state index contributed by atoms with van der Waals surface area (Å²) < 4.78 is 0. The molecule has 0 N–H and O–H groups in total. The van der Waals surface area contributed by atoms with E-state index in [-0.39, 0.29) is 0 Å². The highest BCUT2D eigenvalue weighted by Crippen LogP contribution is 2.16. The van der Waals surface area contributed by atoms with E-state index in [9.17, 15) is 0 Å². The molecule has 63 valence electrons. The van der Waals surface area contributed by atoms with E-state index in [0.717, 1.165) is 6.42 Å². The van der Waals surface area contributed by atoms with Crippen LogP contribution in [0.25, 0.3) is 0 Å². The molecule has 0 atom stereocenters. The molecule has 1 radical (unpaired) electrons. The first-order chi connectivity index (χ1) is 5.77. The van der Waals surface area contributed by atoms with Crippen molar-refractivity contribution in [3.63, 3.8) is 0 Å². The lowest BCUT2D eigenvalue weighted by Gasteiger charge is -2.06. The van der Waals surface area contributed by atoms with E-state index in [2.05, 4.69) is 44.7 Å². The van der Waals surface area contributed by atoms with E-state index in [0.29, 0.717) is 0 Å². The fraction of sp³-hybridized carbons (Fsp3) is 0.250. The minimum absolute atomic E-state index is 1.10. The molecule has 0 heteroatoms. The van der Waals surface area contributed by atoms with Crippen LogP contribution < -0.4 is 0 Å². The first-order valence-electron chi connectivity index (χ1n) is 4.33. The normalized spacial score (nSPS) is 10.2. The van der Waals surface area contributed by atoms with Crippen LogP contribution in [0.1, 0.15) is 25.0 Å². The van der Waals surface area contributed by atoms with Crippen molar-refractivity contribution in [3.8, 4) is 0 Å². The summed E-state index contributed by atoms with van der Waals surface area (Å²) in [5, 5.41) is 0. The predicted octanol–water partition coefficient (Wildman–Crippen LogP) is 3.38. The molecule has 0 aliphatic heterocycles. The quantitative estimate of drug-likeness (QED) is 0.634. The van der Waals surface area contributed by atoms with Crippen LogP contribution in [0, 0.1) is 5.92 Å². The van der Waals surface area contributed by atoms with E-state index in [1.54, 1.807) is 0 Å². The first-order valence-corrected chi connectivity index (χ1v) is 4.33. The zero-order valence-corrected chi connectivity index (χ0v) is 7.80. The van der Waals surface area contributed by atoms with Gasteiger partial charge in [-0.05, 0) is 17.5 Å². The lowest BCUT2D eigenvalue weighted by Crippen LogP contribution is -1.90. The highest BCUT2D eigenvalue weighted by molar-refractivity contribution is 5.37. The van der Waals surface area contributed by atoms with Crippen molar-refractivity contribution in [1.82, 2.24) is 0 Å². The van der Waals surface area contributed by atoms with Gasteiger partial charge in [0, 0.05) is 5.92 Å². The third-order valence-corrected chi connectivity index (χ3v) is 2.10. The van der Waals surface area contributed by atoms with Crippen LogP contribution in [-0.2, 0) is 6.42 Å². The molecule has 0 aliphatic carbocycles. The maximum Gasteiger partial charge on any atom is 0.0230 e. The molecule has 0 aromatic heterocycles. The molecule has 0 saturated heterocycles. The maximum absolute atomic E-state index is 3.76. The van der Waals surface area contributed by atoms with Gasteiger partial charge in [-0.15, -0.1) is 6.58 Å². The van der Waals surface area contributed by atoms with Gasteiger partial charge in [0.25, 0.3) is 0 Å². The van der Waals surface area contributed by atoms with E-state index in [1.807, 2.05) is 6.08 Å². The number of allylic oxidation sites excluding steroid dienone is 1. The SMILES string of the molecule is C=C[C](C)c1cccc(CC)c1. The Morgan fingerprint density at radius 2 is 2.25 bits per heavy atom. The third kappa shape index (κ3) is 1.97. The molecule has 0 nitrogen and oxygen atoms in total. The zero-order valence-electron chi connectivity index (χ0n) is 7.80. The Hall–Kier alpha value is -1.04. The number of hydrogen-bond donors (Lipinski definition) is 0. The maximum atomic E-state index is 3.76. The smallest absolute Gasteiger partial charge is 0.0230 e. The predicted molar refractivity (Wildman–Crippen MR) is 54.0 cm³/mol. The van der Waals surface area contributed by atoms with Gasteiger partial charge in [0.15, 0.2) is 0 Å². The van der Waals surface area contributed by atoms with Gasteiger partial charge in [0.2, 0.25) is 0 Å². The fourth-order valence-electron chi connectivity index (χ4n) is 1.15. The monoisotopic (exact) mass is 159 g/mol. The molecule has 1 aromatic rings. The topological polar surface area (TPSA) is 0 Å². The summed E-state index contributed by atoms with van der Waals surface area (Å²) in [5.74, 6) is 1.24. The highest BCUT2D eigenvalue weighted by Gasteiger charge is 2.00. The number of rotatable bonds is 3. The lowest BCUT2D eigenvalue weighted by atomic mass is 9.99. The molecule has 0 saturated carbocycles. The Balaban J connectivity index is 2.93. The molecule has 12 heavy (non-hydrogen) atoms. The number of benzene rings is 1. The molecule has 1 rings (SSSR count). The molecule has 0 unspecified atom stereocenters. The summed E-state index contributed by atoms with van der Waals surface area (Å²) >= 11 is 0. The highest BCUT2D eigenvalue weighted by atomic mass is 14.0. The molecular weight excluding hydrogens is 144 g/mol. The van der Waals surface area contributed by atoms with E-state index in [4.69, 9.17) is 0 Å². The van der Waals surface area contributed by atoms with Gasteiger partial charge in [0.05, 0.1) is 0 Å². The van der Waals surface area contributed by atoms with Crippen LogP contribution in [0.15, 0.2) is 36.9 Å². The average molecular weight is 159 g/mol. The molecule has 0 amide bonds. The van der Waals surface area contributed by atoms with Crippen molar-refractivity contribution < 1.29 is 0 Å². The van der Waals surface area contributed by atoms with Gasteiger partial charge >= 0.3 is 0 Å². The standard InChI is InChI=1S/C12H15/c1-4-10(3)12-8-6-7-11(5-2)9-12/h4,6-9H,1,5H2,2-3H3. The molecule has 1 aromatic carbocycles. The zero-order chi connectivity index (χ0) is 8.97. The molecular formula is C12H15. The van der Waals surface area contributed by atoms with E-state index < -0.39 is 0 Å². The number of hydrogen-bond acceptors (Lipinski definition) is 0. The van der Waals surface area contributed by atoms with Crippen LogP contribution in [-0.4, -0.2) is 0 Å². The van der Waals surface area contributed by atoms with Crippen molar-refractivity contribution in [2.45, 2.75) is 20.3 Å². The summed E-state index contributed by atoms with van der Waals surface area (Å²) in [6.45, 7) is 8.01. The van der Waals surface area contributed by atoms with Gasteiger partial charge in [-0.3, -0.25) is 0 Å². The van der Waals surface area contributed by atoms with Crippen molar-refractivity contribution in [3.05, 3.63) is 54.0 Å². The Labute approximate surface area is 74.9 Å². The number of aryl methyl sites for hydroxylation is 1. The van der Waals surface area contributed by atoms with Crippen LogP contribution in [0.5, 0.6) is 0 Å². The van der Waals surface area contributed by atoms with Crippen molar-refractivity contribution in [2.24, 2.45) is 0 Å². The summed E-state index contributed by atoms with van der Waals surface area (Å²) in [7, 11) is 0. The van der Waals surface area contributed by atoms with Crippen LogP contribution >= 0.6 is 0 Å². The largest absolute Gasteiger partial charge is 0.102 e. The summed E-state index contributed by atoms with van der Waals surface area (Å²) in [4.78, 5) is 0. The van der Waals surface area contributed by atoms with Gasteiger partial charge in [0.1, 0.15) is 0 Å². The Bertz CT molecular complexity index is 260. The first kappa shape index (κ1) is 9.05. The minimum atomic E-state index is 1.10.